The summed E-state index contributed by atoms with van der Waals surface area (Å²) in [6.07, 6.45) is 0. The zero-order chi connectivity index (χ0) is 19.1. The molecule has 142 valence electrons. The highest BCUT2D eigenvalue weighted by Crippen LogP contribution is 2.18. The predicted molar refractivity (Wildman–Crippen MR) is 105 cm³/mol. The Morgan fingerprint density at radius 2 is 1.63 bits per heavy atom. The van der Waals surface area contributed by atoms with E-state index in [9.17, 15) is 14.0 Å². The summed E-state index contributed by atoms with van der Waals surface area (Å²) in [5.74, 6) is -0.383. The lowest BCUT2D eigenvalue weighted by atomic mass is 10.2. The van der Waals surface area contributed by atoms with Crippen molar-refractivity contribution in [1.29, 1.82) is 0 Å². The van der Waals surface area contributed by atoms with Crippen LogP contribution in [0.15, 0.2) is 59.5 Å². The van der Waals surface area contributed by atoms with E-state index in [1.54, 1.807) is 17.0 Å². The van der Waals surface area contributed by atoms with Crippen LogP contribution in [0.25, 0.3) is 0 Å². The fourth-order valence-corrected chi connectivity index (χ4v) is 3.60. The first kappa shape index (κ1) is 19.2. The summed E-state index contributed by atoms with van der Waals surface area (Å²) in [5.41, 5.74) is 1.16. The number of halogens is 1. The zero-order valence-electron chi connectivity index (χ0n) is 14.9. The summed E-state index contributed by atoms with van der Waals surface area (Å²) in [6, 6.07) is 16.1. The molecule has 5 nitrogen and oxygen atoms in total. The van der Waals surface area contributed by atoms with Gasteiger partial charge in [0, 0.05) is 36.8 Å². The predicted octanol–water partition coefficient (Wildman–Crippen LogP) is 2.38. The molecule has 1 N–H and O–H groups in total. The van der Waals surface area contributed by atoms with Gasteiger partial charge in [0.05, 0.1) is 12.3 Å². The van der Waals surface area contributed by atoms with Crippen LogP contribution in [-0.4, -0.2) is 55.2 Å². The Morgan fingerprint density at radius 3 is 2.30 bits per heavy atom. The van der Waals surface area contributed by atoms with Crippen molar-refractivity contribution in [2.45, 2.75) is 4.90 Å². The lowest BCUT2D eigenvalue weighted by molar-refractivity contribution is -0.132. The van der Waals surface area contributed by atoms with E-state index >= 15 is 0 Å². The molecule has 3 rings (SSSR count). The van der Waals surface area contributed by atoms with Crippen molar-refractivity contribution in [3.8, 4) is 0 Å². The van der Waals surface area contributed by atoms with Crippen LogP contribution in [0.1, 0.15) is 0 Å². The number of benzene rings is 2. The highest BCUT2D eigenvalue weighted by Gasteiger charge is 2.21. The molecule has 27 heavy (non-hydrogen) atoms. The second-order valence-corrected chi connectivity index (χ2v) is 7.27. The Hall–Kier alpha value is -2.54. The van der Waals surface area contributed by atoms with Gasteiger partial charge < -0.3 is 15.1 Å². The maximum Gasteiger partial charge on any atom is 0.242 e. The van der Waals surface area contributed by atoms with E-state index in [1.807, 2.05) is 18.2 Å². The number of nitrogens with one attached hydrogen (secondary N) is 1. The van der Waals surface area contributed by atoms with Gasteiger partial charge in [-0.15, -0.1) is 11.8 Å². The van der Waals surface area contributed by atoms with Gasteiger partial charge in [0.2, 0.25) is 11.8 Å². The molecule has 0 aromatic heterocycles. The number of carbonyl (C=O) groups excluding carboxylic acids is 2. The van der Waals surface area contributed by atoms with Crippen LogP contribution in [0.3, 0.4) is 0 Å². The minimum Gasteiger partial charge on any atom is -0.368 e. The average molecular weight is 387 g/mol. The first-order chi connectivity index (χ1) is 13.1. The van der Waals surface area contributed by atoms with E-state index in [2.05, 4.69) is 22.3 Å². The molecule has 0 bridgehead atoms. The van der Waals surface area contributed by atoms with Crippen LogP contribution in [-0.2, 0) is 9.59 Å². The lowest BCUT2D eigenvalue weighted by Crippen LogP contribution is -2.51. The fourth-order valence-electron chi connectivity index (χ4n) is 2.87. The summed E-state index contributed by atoms with van der Waals surface area (Å²) in [5, 5.41) is 2.67. The number of nitrogens with zero attached hydrogens (tertiary/aromatic N) is 2. The average Bonchev–Trinajstić information content (AvgIpc) is 2.72. The Balaban J connectivity index is 1.37. The molecule has 1 aliphatic rings. The highest BCUT2D eigenvalue weighted by atomic mass is 32.2. The molecular weight excluding hydrogens is 365 g/mol. The van der Waals surface area contributed by atoms with Gasteiger partial charge in [-0.3, -0.25) is 9.59 Å². The van der Waals surface area contributed by atoms with Crippen LogP contribution in [0.5, 0.6) is 0 Å². The highest BCUT2D eigenvalue weighted by molar-refractivity contribution is 8.00. The molecule has 1 heterocycles. The number of hydrogen-bond donors (Lipinski definition) is 1. The smallest absolute Gasteiger partial charge is 0.242 e. The standard InChI is InChI=1S/C20H22FN3O2S/c21-16-6-8-18(9-7-16)27-15-19(25)22-14-20(26)24-12-10-23(11-13-24)17-4-2-1-3-5-17/h1-9H,10-15H2,(H,22,25). The minimum absolute atomic E-state index is 0.00808. The van der Waals surface area contributed by atoms with E-state index in [-0.39, 0.29) is 29.9 Å². The van der Waals surface area contributed by atoms with Crippen molar-refractivity contribution in [3.63, 3.8) is 0 Å². The molecule has 0 radical (unpaired) electrons. The maximum absolute atomic E-state index is 12.9. The topological polar surface area (TPSA) is 52.7 Å². The molecule has 0 unspecified atom stereocenters. The second kappa shape index (κ2) is 9.41. The Labute approximate surface area is 162 Å². The molecule has 2 aromatic carbocycles. The first-order valence-electron chi connectivity index (χ1n) is 8.84. The summed E-state index contributed by atoms with van der Waals surface area (Å²) < 4.78 is 12.9. The van der Waals surface area contributed by atoms with Gasteiger partial charge in [0.15, 0.2) is 0 Å². The van der Waals surface area contributed by atoms with Crippen LogP contribution < -0.4 is 10.2 Å². The molecule has 1 fully saturated rings. The van der Waals surface area contributed by atoms with Gasteiger partial charge in [0.25, 0.3) is 0 Å². The SMILES string of the molecule is O=C(CSc1ccc(F)cc1)NCC(=O)N1CCN(c2ccccc2)CC1. The summed E-state index contributed by atoms with van der Waals surface area (Å²) in [6.45, 7) is 2.87. The van der Waals surface area contributed by atoms with E-state index in [1.165, 1.54) is 23.9 Å². The number of piperazine rings is 1. The van der Waals surface area contributed by atoms with Crippen molar-refractivity contribution < 1.29 is 14.0 Å². The first-order valence-corrected chi connectivity index (χ1v) is 9.83. The third-order valence-corrected chi connectivity index (χ3v) is 5.39. The normalized spacial score (nSPS) is 14.1. The van der Waals surface area contributed by atoms with Crippen LogP contribution in [0, 0.1) is 5.82 Å². The summed E-state index contributed by atoms with van der Waals surface area (Å²) in [4.78, 5) is 29.1. The lowest BCUT2D eigenvalue weighted by Gasteiger charge is -2.36. The summed E-state index contributed by atoms with van der Waals surface area (Å²) in [7, 11) is 0. The molecule has 0 spiro atoms. The van der Waals surface area contributed by atoms with E-state index in [0.29, 0.717) is 13.1 Å². The number of anilines is 1. The Bertz CT molecular complexity index is 763. The third kappa shape index (κ3) is 5.72. The van der Waals surface area contributed by atoms with Gasteiger partial charge in [-0.2, -0.15) is 0 Å². The quantitative estimate of drug-likeness (QED) is 0.774. The van der Waals surface area contributed by atoms with Crippen molar-refractivity contribution in [1.82, 2.24) is 10.2 Å². The van der Waals surface area contributed by atoms with Gasteiger partial charge in [-0.05, 0) is 36.4 Å². The Morgan fingerprint density at radius 1 is 0.963 bits per heavy atom. The van der Waals surface area contributed by atoms with Crippen LogP contribution in [0.2, 0.25) is 0 Å². The number of thioether (sulfide) groups is 1. The number of amides is 2. The molecular formula is C20H22FN3O2S. The molecule has 1 saturated heterocycles. The van der Waals surface area contributed by atoms with Crippen LogP contribution in [0.4, 0.5) is 10.1 Å². The monoisotopic (exact) mass is 387 g/mol. The Kier molecular flexibility index (Phi) is 6.70. The van der Waals surface area contributed by atoms with Crippen LogP contribution >= 0.6 is 11.8 Å². The molecule has 2 amide bonds. The number of rotatable bonds is 6. The van der Waals surface area contributed by atoms with Gasteiger partial charge >= 0.3 is 0 Å². The van der Waals surface area contributed by atoms with Crippen molar-refractivity contribution in [2.75, 3.05) is 43.4 Å². The molecule has 0 aliphatic carbocycles. The molecule has 2 aromatic rings. The van der Waals surface area contributed by atoms with Gasteiger partial charge in [-0.25, -0.2) is 4.39 Å². The number of carbonyl (C=O) groups is 2. The molecule has 0 saturated carbocycles. The summed E-state index contributed by atoms with van der Waals surface area (Å²) >= 11 is 1.31. The number of hydrogen-bond acceptors (Lipinski definition) is 4. The van der Waals surface area contributed by atoms with E-state index < -0.39 is 0 Å². The van der Waals surface area contributed by atoms with Gasteiger partial charge in [-0.1, -0.05) is 18.2 Å². The number of para-hydroxylation sites is 1. The molecule has 7 heteroatoms. The zero-order valence-corrected chi connectivity index (χ0v) is 15.8. The maximum atomic E-state index is 12.9. The van der Waals surface area contributed by atoms with Crippen molar-refractivity contribution in [3.05, 3.63) is 60.4 Å². The van der Waals surface area contributed by atoms with Crippen molar-refractivity contribution in [2.24, 2.45) is 0 Å². The van der Waals surface area contributed by atoms with Gasteiger partial charge in [0.1, 0.15) is 5.82 Å². The molecule has 0 atom stereocenters. The fraction of sp³-hybridized carbons (Fsp3) is 0.300. The second-order valence-electron chi connectivity index (χ2n) is 6.22. The third-order valence-electron chi connectivity index (χ3n) is 4.37. The largest absolute Gasteiger partial charge is 0.368 e. The minimum atomic E-state index is -0.304. The molecule has 1 aliphatic heterocycles. The van der Waals surface area contributed by atoms with Crippen molar-refractivity contribution >= 4 is 29.3 Å². The van der Waals surface area contributed by atoms with E-state index in [0.717, 1.165) is 23.7 Å². The van der Waals surface area contributed by atoms with E-state index in [4.69, 9.17) is 0 Å².